The molecule has 0 aromatic heterocycles. The summed E-state index contributed by atoms with van der Waals surface area (Å²) in [6.45, 7) is 4.57. The molecule has 2 atom stereocenters. The lowest BCUT2D eigenvalue weighted by molar-refractivity contribution is 0.356. The van der Waals surface area contributed by atoms with E-state index in [1.165, 1.54) is 61.8 Å². The monoisotopic (exact) mass is 272 g/mol. The summed E-state index contributed by atoms with van der Waals surface area (Å²) in [4.78, 5) is 0. The molecular formula is C18H28N2. The molecule has 2 N–H and O–H groups in total. The molecule has 2 unspecified atom stereocenters. The average Bonchev–Trinajstić information content (AvgIpc) is 2.69. The largest absolute Gasteiger partial charge is 0.385 e. The highest BCUT2D eigenvalue weighted by molar-refractivity contribution is 5.59. The van der Waals surface area contributed by atoms with Crippen molar-refractivity contribution < 1.29 is 0 Å². The summed E-state index contributed by atoms with van der Waals surface area (Å²) >= 11 is 0. The molecule has 1 aliphatic heterocycles. The van der Waals surface area contributed by atoms with Crippen LogP contribution in [0.25, 0.3) is 0 Å². The Kier molecular flexibility index (Phi) is 4.62. The summed E-state index contributed by atoms with van der Waals surface area (Å²) in [5.41, 5.74) is 4.37. The van der Waals surface area contributed by atoms with Crippen LogP contribution in [-0.4, -0.2) is 12.6 Å². The van der Waals surface area contributed by atoms with E-state index in [1.54, 1.807) is 0 Å². The van der Waals surface area contributed by atoms with Gasteiger partial charge in [0.05, 0.1) is 0 Å². The standard InChI is InChI=1S/C18H28N2/c1-14-7-3-2-4-11-17(14)20-13-16-9-5-8-15-10-6-12-19-18(15)16/h5,8-9,14,17,19-20H,2-4,6-7,10-13H2,1H3. The zero-order chi connectivity index (χ0) is 13.8. The second-order valence-corrected chi connectivity index (χ2v) is 6.58. The van der Waals surface area contributed by atoms with Crippen molar-refractivity contribution in [2.45, 2.75) is 64.5 Å². The van der Waals surface area contributed by atoms with E-state index >= 15 is 0 Å². The van der Waals surface area contributed by atoms with E-state index in [0.29, 0.717) is 6.04 Å². The second-order valence-electron chi connectivity index (χ2n) is 6.58. The summed E-state index contributed by atoms with van der Waals surface area (Å²) in [6, 6.07) is 7.49. The maximum absolute atomic E-state index is 3.84. The number of rotatable bonds is 3. The lowest BCUT2D eigenvalue weighted by Gasteiger charge is -2.25. The molecule has 2 nitrogen and oxygen atoms in total. The van der Waals surface area contributed by atoms with Crippen LogP contribution in [0.4, 0.5) is 5.69 Å². The summed E-state index contributed by atoms with van der Waals surface area (Å²) in [6.07, 6.45) is 9.48. The van der Waals surface area contributed by atoms with E-state index in [0.717, 1.165) is 19.0 Å². The molecule has 0 saturated heterocycles. The lowest BCUT2D eigenvalue weighted by atomic mass is 9.95. The Bertz CT molecular complexity index is 441. The van der Waals surface area contributed by atoms with Gasteiger partial charge in [0.25, 0.3) is 0 Å². The van der Waals surface area contributed by atoms with Crippen molar-refractivity contribution in [3.63, 3.8) is 0 Å². The van der Waals surface area contributed by atoms with E-state index in [2.05, 4.69) is 35.8 Å². The third kappa shape index (κ3) is 3.17. The number of anilines is 1. The van der Waals surface area contributed by atoms with Gasteiger partial charge in [0.2, 0.25) is 0 Å². The van der Waals surface area contributed by atoms with Gasteiger partial charge >= 0.3 is 0 Å². The number of fused-ring (bicyclic) bond motifs is 1. The van der Waals surface area contributed by atoms with Crippen LogP contribution in [0.15, 0.2) is 18.2 Å². The van der Waals surface area contributed by atoms with Gasteiger partial charge in [-0.1, -0.05) is 44.4 Å². The summed E-state index contributed by atoms with van der Waals surface area (Å²) in [5.74, 6) is 0.824. The highest BCUT2D eigenvalue weighted by Crippen LogP contribution is 2.27. The minimum absolute atomic E-state index is 0.706. The SMILES string of the molecule is CC1CCCCCC1NCc1cccc2c1NCCC2. The Morgan fingerprint density at radius 1 is 1.15 bits per heavy atom. The maximum atomic E-state index is 3.84. The van der Waals surface area contributed by atoms with Crippen LogP contribution in [0, 0.1) is 5.92 Å². The second kappa shape index (κ2) is 6.62. The first kappa shape index (κ1) is 13.9. The third-order valence-electron chi connectivity index (χ3n) is 5.08. The van der Waals surface area contributed by atoms with E-state index in [1.807, 2.05) is 0 Å². The van der Waals surface area contributed by atoms with Crippen LogP contribution in [0.5, 0.6) is 0 Å². The predicted octanol–water partition coefficient (Wildman–Crippen LogP) is 4.10. The van der Waals surface area contributed by atoms with Crippen LogP contribution < -0.4 is 10.6 Å². The molecule has 1 aromatic rings. The van der Waals surface area contributed by atoms with E-state index in [4.69, 9.17) is 0 Å². The maximum Gasteiger partial charge on any atom is 0.0418 e. The molecular weight excluding hydrogens is 244 g/mol. The topological polar surface area (TPSA) is 24.1 Å². The average molecular weight is 272 g/mol. The van der Waals surface area contributed by atoms with Crippen molar-refractivity contribution in [1.82, 2.24) is 5.32 Å². The molecule has 1 aliphatic carbocycles. The molecule has 2 aliphatic rings. The highest BCUT2D eigenvalue weighted by Gasteiger charge is 2.20. The van der Waals surface area contributed by atoms with Crippen molar-refractivity contribution in [2.75, 3.05) is 11.9 Å². The zero-order valence-electron chi connectivity index (χ0n) is 12.8. The minimum atomic E-state index is 0.706. The van der Waals surface area contributed by atoms with Crippen LogP contribution in [0.3, 0.4) is 0 Å². The number of nitrogens with one attached hydrogen (secondary N) is 2. The van der Waals surface area contributed by atoms with Gasteiger partial charge in [-0.3, -0.25) is 0 Å². The summed E-state index contributed by atoms with van der Waals surface area (Å²) in [7, 11) is 0. The first-order chi connectivity index (χ1) is 9.84. The molecule has 20 heavy (non-hydrogen) atoms. The minimum Gasteiger partial charge on any atom is -0.385 e. The molecule has 1 aromatic carbocycles. The fourth-order valence-corrected chi connectivity index (χ4v) is 3.77. The third-order valence-corrected chi connectivity index (χ3v) is 5.08. The first-order valence-corrected chi connectivity index (χ1v) is 8.42. The molecule has 1 saturated carbocycles. The normalized spacial score (nSPS) is 26.4. The van der Waals surface area contributed by atoms with Gasteiger partial charge < -0.3 is 10.6 Å². The number of hydrogen-bond donors (Lipinski definition) is 2. The fraction of sp³-hybridized carbons (Fsp3) is 0.667. The Balaban J connectivity index is 1.66. The zero-order valence-corrected chi connectivity index (χ0v) is 12.8. The van der Waals surface area contributed by atoms with Crippen molar-refractivity contribution in [3.05, 3.63) is 29.3 Å². The Hall–Kier alpha value is -1.02. The molecule has 110 valence electrons. The van der Waals surface area contributed by atoms with Crippen LogP contribution in [-0.2, 0) is 13.0 Å². The van der Waals surface area contributed by atoms with Crippen molar-refractivity contribution >= 4 is 5.69 Å². The molecule has 2 heteroatoms. The first-order valence-electron chi connectivity index (χ1n) is 8.42. The van der Waals surface area contributed by atoms with Gasteiger partial charge in [0.15, 0.2) is 0 Å². The van der Waals surface area contributed by atoms with Gasteiger partial charge in [-0.15, -0.1) is 0 Å². The van der Waals surface area contributed by atoms with Gasteiger partial charge in [-0.25, -0.2) is 0 Å². The number of hydrogen-bond acceptors (Lipinski definition) is 2. The fourth-order valence-electron chi connectivity index (χ4n) is 3.77. The van der Waals surface area contributed by atoms with E-state index in [-0.39, 0.29) is 0 Å². The summed E-state index contributed by atoms with van der Waals surface area (Å²) < 4.78 is 0. The van der Waals surface area contributed by atoms with Gasteiger partial charge in [0, 0.05) is 24.8 Å². The molecule has 0 amide bonds. The Morgan fingerprint density at radius 3 is 3.00 bits per heavy atom. The molecule has 0 spiro atoms. The van der Waals surface area contributed by atoms with Crippen LogP contribution >= 0.6 is 0 Å². The smallest absolute Gasteiger partial charge is 0.0418 e. The summed E-state index contributed by atoms with van der Waals surface area (Å²) in [5, 5.41) is 7.44. The lowest BCUT2D eigenvalue weighted by Crippen LogP contribution is -2.34. The van der Waals surface area contributed by atoms with Crippen molar-refractivity contribution in [3.8, 4) is 0 Å². The highest BCUT2D eigenvalue weighted by atomic mass is 14.9. The van der Waals surface area contributed by atoms with Gasteiger partial charge in [0.1, 0.15) is 0 Å². The molecule has 1 fully saturated rings. The van der Waals surface area contributed by atoms with Crippen molar-refractivity contribution in [2.24, 2.45) is 5.92 Å². The van der Waals surface area contributed by atoms with E-state index in [9.17, 15) is 0 Å². The van der Waals surface area contributed by atoms with Crippen LogP contribution in [0.1, 0.15) is 56.6 Å². The molecule has 1 heterocycles. The quantitative estimate of drug-likeness (QED) is 0.809. The van der Waals surface area contributed by atoms with E-state index < -0.39 is 0 Å². The van der Waals surface area contributed by atoms with Gasteiger partial charge in [-0.05, 0) is 42.7 Å². The molecule has 0 radical (unpaired) electrons. The van der Waals surface area contributed by atoms with Crippen molar-refractivity contribution in [1.29, 1.82) is 0 Å². The molecule has 3 rings (SSSR count). The number of benzene rings is 1. The number of para-hydroxylation sites is 1. The van der Waals surface area contributed by atoms with Gasteiger partial charge in [-0.2, -0.15) is 0 Å². The molecule has 0 bridgehead atoms. The number of aryl methyl sites for hydroxylation is 1. The van der Waals surface area contributed by atoms with Crippen LogP contribution in [0.2, 0.25) is 0 Å². The predicted molar refractivity (Wildman–Crippen MR) is 86.1 cm³/mol. The Morgan fingerprint density at radius 2 is 2.05 bits per heavy atom. The Labute approximate surface area is 123 Å².